The number of aliphatic carboxylic acids is 1. The molecule has 18 heavy (non-hydrogen) atoms. The van der Waals surface area contributed by atoms with Crippen LogP contribution < -0.4 is 5.32 Å². The molecule has 1 saturated heterocycles. The average molecular weight is 254 g/mol. The minimum Gasteiger partial charge on any atom is -0.480 e. The van der Waals surface area contributed by atoms with Crippen LogP contribution in [0.2, 0.25) is 0 Å². The summed E-state index contributed by atoms with van der Waals surface area (Å²) < 4.78 is 5.06. The minimum atomic E-state index is -1.07. The molecule has 6 heteroatoms. The van der Waals surface area contributed by atoms with Crippen molar-refractivity contribution in [2.24, 2.45) is 0 Å². The van der Waals surface area contributed by atoms with E-state index in [-0.39, 0.29) is 19.2 Å². The summed E-state index contributed by atoms with van der Waals surface area (Å²) in [6, 6.07) is -1.75. The molecule has 2 amide bonds. The molecule has 2 atom stereocenters. The molecular weight excluding hydrogens is 236 g/mol. The fourth-order valence-electron chi connectivity index (χ4n) is 1.77. The van der Waals surface area contributed by atoms with Gasteiger partial charge < -0.3 is 20.1 Å². The molecule has 2 unspecified atom stereocenters. The van der Waals surface area contributed by atoms with Gasteiger partial charge in [0.2, 0.25) is 0 Å². The third kappa shape index (κ3) is 3.64. The van der Waals surface area contributed by atoms with Gasteiger partial charge in [-0.25, -0.2) is 9.59 Å². The Morgan fingerprint density at radius 1 is 1.67 bits per heavy atom. The van der Waals surface area contributed by atoms with Gasteiger partial charge in [-0.15, -0.1) is 6.42 Å². The number of terminal acetylenes is 1. The normalized spacial score (nSPS) is 20.9. The van der Waals surface area contributed by atoms with Crippen molar-refractivity contribution >= 4 is 12.0 Å². The highest BCUT2D eigenvalue weighted by atomic mass is 16.5. The molecule has 1 heterocycles. The van der Waals surface area contributed by atoms with Crippen molar-refractivity contribution in [3.05, 3.63) is 0 Å². The van der Waals surface area contributed by atoms with Crippen molar-refractivity contribution in [2.45, 2.75) is 31.8 Å². The lowest BCUT2D eigenvalue weighted by Gasteiger charge is -2.33. The van der Waals surface area contributed by atoms with Gasteiger partial charge in [-0.1, -0.05) is 19.3 Å². The Hall–Kier alpha value is -1.74. The largest absolute Gasteiger partial charge is 0.480 e. The Balaban J connectivity index is 2.63. The third-order valence-electron chi connectivity index (χ3n) is 2.75. The van der Waals surface area contributed by atoms with E-state index in [2.05, 4.69) is 11.2 Å². The number of urea groups is 1. The predicted octanol–water partition coefficient (Wildman–Crippen LogP) is 0.283. The average Bonchev–Trinajstić information content (AvgIpc) is 2.38. The zero-order valence-electron chi connectivity index (χ0n) is 10.4. The van der Waals surface area contributed by atoms with Crippen LogP contribution in [-0.2, 0) is 9.53 Å². The summed E-state index contributed by atoms with van der Waals surface area (Å²) in [5, 5.41) is 11.7. The number of amides is 2. The van der Waals surface area contributed by atoms with Crippen molar-refractivity contribution in [1.82, 2.24) is 10.2 Å². The van der Waals surface area contributed by atoms with Crippen molar-refractivity contribution in [1.29, 1.82) is 0 Å². The van der Waals surface area contributed by atoms with Gasteiger partial charge in [-0.2, -0.15) is 0 Å². The molecule has 1 fully saturated rings. The Labute approximate surface area is 106 Å². The molecule has 1 rings (SSSR count). The minimum absolute atomic E-state index is 0.0112. The maximum atomic E-state index is 12.0. The number of nitrogens with zero attached hydrogens (tertiary/aromatic N) is 1. The van der Waals surface area contributed by atoms with Crippen LogP contribution in [0.5, 0.6) is 0 Å². The first kappa shape index (κ1) is 14.3. The number of morpholine rings is 1. The quantitative estimate of drug-likeness (QED) is 0.706. The lowest BCUT2D eigenvalue weighted by Crippen LogP contribution is -2.56. The fourth-order valence-corrected chi connectivity index (χ4v) is 1.77. The van der Waals surface area contributed by atoms with Crippen LogP contribution in [0, 0.1) is 12.3 Å². The van der Waals surface area contributed by atoms with Crippen molar-refractivity contribution in [3.63, 3.8) is 0 Å². The Morgan fingerprint density at radius 3 is 2.94 bits per heavy atom. The molecule has 0 spiro atoms. The molecule has 0 aromatic heterocycles. The highest BCUT2D eigenvalue weighted by Gasteiger charge is 2.33. The Bertz CT molecular complexity index is 350. The van der Waals surface area contributed by atoms with E-state index in [9.17, 15) is 9.59 Å². The van der Waals surface area contributed by atoms with E-state index in [0.29, 0.717) is 13.0 Å². The summed E-state index contributed by atoms with van der Waals surface area (Å²) in [4.78, 5) is 24.2. The van der Waals surface area contributed by atoms with E-state index in [1.165, 1.54) is 4.90 Å². The van der Waals surface area contributed by atoms with Gasteiger partial charge in [0, 0.05) is 6.54 Å². The lowest BCUT2D eigenvalue weighted by atomic mass is 10.2. The van der Waals surface area contributed by atoms with Crippen LogP contribution >= 0.6 is 0 Å². The Kier molecular flexibility index (Phi) is 5.46. The summed E-state index contributed by atoms with van der Waals surface area (Å²) in [5.74, 6) is 1.41. The molecule has 1 aliphatic rings. The van der Waals surface area contributed by atoms with Crippen molar-refractivity contribution in [2.75, 3.05) is 19.8 Å². The molecule has 0 aromatic rings. The van der Waals surface area contributed by atoms with Crippen LogP contribution in [-0.4, -0.2) is 53.8 Å². The monoisotopic (exact) mass is 254 g/mol. The van der Waals surface area contributed by atoms with Gasteiger partial charge in [0.25, 0.3) is 0 Å². The van der Waals surface area contributed by atoms with E-state index in [4.69, 9.17) is 16.3 Å². The smallest absolute Gasteiger partial charge is 0.328 e. The number of ether oxygens (including phenoxy) is 1. The molecule has 100 valence electrons. The first-order valence-electron chi connectivity index (χ1n) is 5.94. The van der Waals surface area contributed by atoms with Crippen molar-refractivity contribution in [3.8, 4) is 12.3 Å². The van der Waals surface area contributed by atoms with Crippen LogP contribution in [0.15, 0.2) is 0 Å². The second-order valence-corrected chi connectivity index (χ2v) is 4.08. The molecule has 0 saturated carbocycles. The van der Waals surface area contributed by atoms with E-state index < -0.39 is 18.0 Å². The zero-order chi connectivity index (χ0) is 13.5. The highest BCUT2D eigenvalue weighted by Crippen LogP contribution is 2.08. The van der Waals surface area contributed by atoms with Crippen LogP contribution in [0.25, 0.3) is 0 Å². The summed E-state index contributed by atoms with van der Waals surface area (Å²) in [5.41, 5.74) is 0. The fraction of sp³-hybridized carbons (Fsp3) is 0.667. The maximum absolute atomic E-state index is 12.0. The molecule has 0 aliphatic carbocycles. The second-order valence-electron chi connectivity index (χ2n) is 4.08. The first-order valence-corrected chi connectivity index (χ1v) is 5.94. The number of carbonyl (C=O) groups excluding carboxylic acids is 1. The lowest BCUT2D eigenvalue weighted by molar-refractivity contribution is -0.147. The Morgan fingerprint density at radius 2 is 2.39 bits per heavy atom. The van der Waals surface area contributed by atoms with Gasteiger partial charge >= 0.3 is 12.0 Å². The first-order chi connectivity index (χ1) is 8.60. The second kappa shape index (κ2) is 6.87. The number of nitrogens with one attached hydrogen (secondary N) is 1. The number of hydrogen-bond acceptors (Lipinski definition) is 3. The van der Waals surface area contributed by atoms with E-state index >= 15 is 0 Å². The van der Waals surface area contributed by atoms with Crippen LogP contribution in [0.3, 0.4) is 0 Å². The molecule has 0 bridgehead atoms. The number of carboxylic acids is 1. The molecule has 6 nitrogen and oxygen atoms in total. The number of rotatable bonds is 4. The molecule has 0 aromatic carbocycles. The standard InChI is InChI=1S/C12H18N2O4/c1-3-5-9(4-2)13-12(17)14-6-7-18-8-10(14)11(15)16/h2,9-10H,3,5-8H2,1H3,(H,13,17)(H,15,16). The maximum Gasteiger partial charge on any atom is 0.328 e. The van der Waals surface area contributed by atoms with E-state index in [0.717, 1.165) is 6.42 Å². The summed E-state index contributed by atoms with van der Waals surface area (Å²) in [6.45, 7) is 2.57. The zero-order valence-corrected chi connectivity index (χ0v) is 10.4. The summed E-state index contributed by atoms with van der Waals surface area (Å²) in [7, 11) is 0. The molecular formula is C12H18N2O4. The van der Waals surface area contributed by atoms with Crippen LogP contribution in [0.4, 0.5) is 4.79 Å². The topological polar surface area (TPSA) is 78.9 Å². The third-order valence-corrected chi connectivity index (χ3v) is 2.75. The highest BCUT2D eigenvalue weighted by molar-refractivity contribution is 5.83. The van der Waals surface area contributed by atoms with Gasteiger partial charge in [-0.3, -0.25) is 0 Å². The van der Waals surface area contributed by atoms with Gasteiger partial charge in [-0.05, 0) is 6.42 Å². The summed E-state index contributed by atoms with van der Waals surface area (Å²) in [6.07, 6.45) is 6.83. The van der Waals surface area contributed by atoms with Crippen LogP contribution in [0.1, 0.15) is 19.8 Å². The summed E-state index contributed by atoms with van der Waals surface area (Å²) >= 11 is 0. The van der Waals surface area contributed by atoms with Gasteiger partial charge in [0.1, 0.15) is 0 Å². The molecule has 0 radical (unpaired) electrons. The SMILES string of the molecule is C#CC(CCC)NC(=O)N1CCOCC1C(=O)O. The molecule has 2 N–H and O–H groups in total. The molecule has 1 aliphatic heterocycles. The number of carboxylic acid groups (broad SMARTS) is 1. The van der Waals surface area contributed by atoms with E-state index in [1.54, 1.807) is 0 Å². The number of carbonyl (C=O) groups is 2. The van der Waals surface area contributed by atoms with E-state index in [1.807, 2.05) is 6.92 Å². The predicted molar refractivity (Wildman–Crippen MR) is 65.0 cm³/mol. The van der Waals surface area contributed by atoms with Gasteiger partial charge in [0.15, 0.2) is 6.04 Å². The van der Waals surface area contributed by atoms with Crippen molar-refractivity contribution < 1.29 is 19.4 Å². The number of hydrogen-bond donors (Lipinski definition) is 2. The van der Waals surface area contributed by atoms with Gasteiger partial charge in [0.05, 0.1) is 19.3 Å².